The second kappa shape index (κ2) is 7.01. The van der Waals surface area contributed by atoms with Gasteiger partial charge in [0.1, 0.15) is 0 Å². The van der Waals surface area contributed by atoms with E-state index < -0.39 is 0 Å². The molecule has 1 heterocycles. The quantitative estimate of drug-likeness (QED) is 0.868. The van der Waals surface area contributed by atoms with E-state index in [0.717, 1.165) is 18.1 Å². The molecule has 4 heteroatoms. The van der Waals surface area contributed by atoms with Crippen LogP contribution in [-0.2, 0) is 4.79 Å². The molecule has 1 amide bonds. The average Bonchev–Trinajstić information content (AvgIpc) is 3.23. The molecule has 2 aliphatic rings. The molecule has 2 fully saturated rings. The van der Waals surface area contributed by atoms with Gasteiger partial charge in [0, 0.05) is 17.5 Å². The Morgan fingerprint density at radius 3 is 2.73 bits per heavy atom. The number of carbonyl (C=O) groups excluding carboxylic acids is 1. The van der Waals surface area contributed by atoms with Gasteiger partial charge in [-0.15, -0.1) is 0 Å². The Balaban J connectivity index is 1.67. The number of nitrogens with one attached hydrogen (secondary N) is 1. The van der Waals surface area contributed by atoms with Crippen LogP contribution in [-0.4, -0.2) is 30.4 Å². The number of benzene rings is 1. The number of hydrogen-bond donors (Lipinski definition) is 1. The first kappa shape index (κ1) is 15.8. The molecule has 22 heavy (non-hydrogen) atoms. The molecule has 0 spiro atoms. The minimum Gasteiger partial charge on any atom is -0.354 e. The van der Waals surface area contributed by atoms with Crippen LogP contribution < -0.4 is 5.32 Å². The third-order valence-electron chi connectivity index (χ3n) is 5.03. The van der Waals surface area contributed by atoms with E-state index in [1.807, 2.05) is 18.2 Å². The maximum Gasteiger partial charge on any atom is 0.223 e. The van der Waals surface area contributed by atoms with Gasteiger partial charge in [0.15, 0.2) is 0 Å². The largest absolute Gasteiger partial charge is 0.354 e. The number of nitrogens with zero attached hydrogens (tertiary/aromatic N) is 1. The number of carbonyl (C=O) groups is 1. The summed E-state index contributed by atoms with van der Waals surface area (Å²) < 4.78 is 0. The molecule has 3 rings (SSSR count). The number of rotatable bonds is 6. The number of halogens is 1. The molecule has 0 bridgehead atoms. The van der Waals surface area contributed by atoms with Crippen molar-refractivity contribution in [2.24, 2.45) is 11.8 Å². The molecule has 1 saturated heterocycles. The van der Waals surface area contributed by atoms with Crippen LogP contribution in [0.4, 0.5) is 0 Å². The maximum absolute atomic E-state index is 12.3. The summed E-state index contributed by atoms with van der Waals surface area (Å²) in [5, 5.41) is 3.94. The first-order chi connectivity index (χ1) is 10.6. The molecule has 1 N–H and O–H groups in total. The molecule has 2 atom stereocenters. The van der Waals surface area contributed by atoms with Crippen molar-refractivity contribution in [2.75, 3.05) is 19.6 Å². The van der Waals surface area contributed by atoms with Crippen molar-refractivity contribution in [3.05, 3.63) is 34.9 Å². The SMILES string of the molecule is CC(C(=O)NCC(c1cccc(Cl)c1)N1CCCC1)C1CC1. The average molecular weight is 321 g/mol. The summed E-state index contributed by atoms with van der Waals surface area (Å²) in [5.41, 5.74) is 1.20. The molecule has 1 aliphatic carbocycles. The van der Waals surface area contributed by atoms with E-state index in [1.165, 1.54) is 31.2 Å². The normalized spacial score (nSPS) is 21.5. The van der Waals surface area contributed by atoms with E-state index in [-0.39, 0.29) is 17.9 Å². The van der Waals surface area contributed by atoms with E-state index in [0.29, 0.717) is 12.5 Å². The molecule has 1 aliphatic heterocycles. The van der Waals surface area contributed by atoms with Crippen LogP contribution in [0.15, 0.2) is 24.3 Å². The monoisotopic (exact) mass is 320 g/mol. The molecule has 2 unspecified atom stereocenters. The summed E-state index contributed by atoms with van der Waals surface area (Å²) in [6.45, 7) is 4.93. The number of hydrogen-bond acceptors (Lipinski definition) is 2. The molecular formula is C18H25ClN2O. The fourth-order valence-electron chi connectivity index (χ4n) is 3.39. The van der Waals surface area contributed by atoms with Gasteiger partial charge in [-0.1, -0.05) is 30.7 Å². The minimum atomic E-state index is 0.151. The second-order valence-electron chi connectivity index (χ2n) is 6.69. The van der Waals surface area contributed by atoms with E-state index in [9.17, 15) is 4.79 Å². The highest BCUT2D eigenvalue weighted by atomic mass is 35.5. The fraction of sp³-hybridized carbons (Fsp3) is 0.611. The van der Waals surface area contributed by atoms with Gasteiger partial charge in [-0.2, -0.15) is 0 Å². The highest BCUT2D eigenvalue weighted by Gasteiger charge is 2.33. The standard InChI is InChI=1S/C18H25ClN2O/c1-13(14-7-8-14)18(22)20-12-17(21-9-2-3-10-21)15-5-4-6-16(19)11-15/h4-6,11,13-14,17H,2-3,7-10,12H2,1H3,(H,20,22). The van der Waals surface area contributed by atoms with Gasteiger partial charge in [0.2, 0.25) is 5.91 Å². The van der Waals surface area contributed by atoms with E-state index in [1.54, 1.807) is 0 Å². The van der Waals surface area contributed by atoms with Crippen LogP contribution in [0.5, 0.6) is 0 Å². The van der Waals surface area contributed by atoms with Crippen molar-refractivity contribution in [1.82, 2.24) is 10.2 Å². The van der Waals surface area contributed by atoms with Gasteiger partial charge >= 0.3 is 0 Å². The zero-order chi connectivity index (χ0) is 15.5. The Labute approximate surface area is 138 Å². The highest BCUT2D eigenvalue weighted by molar-refractivity contribution is 6.30. The van der Waals surface area contributed by atoms with Crippen molar-refractivity contribution in [2.45, 2.75) is 38.6 Å². The lowest BCUT2D eigenvalue weighted by atomic mass is 10.0. The van der Waals surface area contributed by atoms with E-state index in [4.69, 9.17) is 11.6 Å². The summed E-state index contributed by atoms with van der Waals surface area (Å²) in [5.74, 6) is 0.962. The fourth-order valence-corrected chi connectivity index (χ4v) is 3.59. The lowest BCUT2D eigenvalue weighted by Gasteiger charge is -2.29. The van der Waals surface area contributed by atoms with Crippen LogP contribution in [0.3, 0.4) is 0 Å². The first-order valence-corrected chi connectivity index (χ1v) is 8.80. The molecule has 0 aromatic heterocycles. The zero-order valence-electron chi connectivity index (χ0n) is 13.2. The number of likely N-dealkylation sites (tertiary alicyclic amines) is 1. The van der Waals surface area contributed by atoms with Gasteiger partial charge in [0.25, 0.3) is 0 Å². The van der Waals surface area contributed by atoms with Crippen LogP contribution in [0.25, 0.3) is 0 Å². The third kappa shape index (κ3) is 3.82. The lowest BCUT2D eigenvalue weighted by molar-refractivity contribution is -0.125. The van der Waals surface area contributed by atoms with Crippen LogP contribution >= 0.6 is 11.6 Å². The summed E-state index contributed by atoms with van der Waals surface area (Å²) >= 11 is 6.15. The van der Waals surface area contributed by atoms with Crippen molar-refractivity contribution in [3.8, 4) is 0 Å². The van der Waals surface area contributed by atoms with Crippen molar-refractivity contribution < 1.29 is 4.79 Å². The van der Waals surface area contributed by atoms with Crippen LogP contribution in [0.2, 0.25) is 5.02 Å². The molecule has 1 saturated carbocycles. The van der Waals surface area contributed by atoms with Crippen LogP contribution in [0, 0.1) is 11.8 Å². The van der Waals surface area contributed by atoms with E-state index >= 15 is 0 Å². The van der Waals surface area contributed by atoms with Gasteiger partial charge in [-0.3, -0.25) is 9.69 Å². The first-order valence-electron chi connectivity index (χ1n) is 8.42. The predicted molar refractivity (Wildman–Crippen MR) is 89.9 cm³/mol. The maximum atomic E-state index is 12.3. The zero-order valence-corrected chi connectivity index (χ0v) is 14.0. The summed E-state index contributed by atoms with van der Waals surface area (Å²) in [4.78, 5) is 14.8. The van der Waals surface area contributed by atoms with Gasteiger partial charge in [0.05, 0.1) is 6.04 Å². The lowest BCUT2D eigenvalue weighted by Crippen LogP contribution is -2.39. The second-order valence-corrected chi connectivity index (χ2v) is 7.12. The summed E-state index contributed by atoms with van der Waals surface area (Å²) in [6, 6.07) is 8.28. The van der Waals surface area contributed by atoms with Crippen LogP contribution in [0.1, 0.15) is 44.2 Å². The predicted octanol–water partition coefficient (Wildman–Crippen LogP) is 3.64. The van der Waals surface area contributed by atoms with Gasteiger partial charge < -0.3 is 5.32 Å². The van der Waals surface area contributed by atoms with Gasteiger partial charge in [-0.25, -0.2) is 0 Å². The third-order valence-corrected chi connectivity index (χ3v) is 5.26. The molecule has 3 nitrogen and oxygen atoms in total. The smallest absolute Gasteiger partial charge is 0.223 e. The van der Waals surface area contributed by atoms with E-state index in [2.05, 4.69) is 23.2 Å². The molecule has 0 radical (unpaired) electrons. The minimum absolute atomic E-state index is 0.151. The Morgan fingerprint density at radius 2 is 2.09 bits per heavy atom. The topological polar surface area (TPSA) is 32.3 Å². The highest BCUT2D eigenvalue weighted by Crippen LogP contribution is 2.36. The van der Waals surface area contributed by atoms with Crippen molar-refractivity contribution in [1.29, 1.82) is 0 Å². The molecule has 120 valence electrons. The van der Waals surface area contributed by atoms with Gasteiger partial charge in [-0.05, 0) is 62.4 Å². The Bertz CT molecular complexity index is 524. The van der Waals surface area contributed by atoms with Crippen molar-refractivity contribution >= 4 is 17.5 Å². The molecule has 1 aromatic carbocycles. The Hall–Kier alpha value is -1.06. The van der Waals surface area contributed by atoms with Crippen molar-refractivity contribution in [3.63, 3.8) is 0 Å². The Kier molecular flexibility index (Phi) is 5.04. The summed E-state index contributed by atoms with van der Waals surface area (Å²) in [6.07, 6.45) is 4.89. The summed E-state index contributed by atoms with van der Waals surface area (Å²) in [7, 11) is 0. The Morgan fingerprint density at radius 1 is 1.36 bits per heavy atom. The number of amides is 1. The molecular weight excluding hydrogens is 296 g/mol. The molecule has 1 aromatic rings.